The zero-order valence-electron chi connectivity index (χ0n) is 6.56. The van der Waals surface area contributed by atoms with Crippen molar-refractivity contribution in [2.45, 2.75) is 6.61 Å². The van der Waals surface area contributed by atoms with E-state index in [2.05, 4.69) is 19.4 Å². The standard InChI is InChI=1S/C7H8N2O3/c1-11-7(10)12-4-6-2-8-5-9-3-6/h2-3,5H,4H2,1H3. The Morgan fingerprint density at radius 3 is 2.75 bits per heavy atom. The van der Waals surface area contributed by atoms with E-state index in [0.29, 0.717) is 0 Å². The average Bonchev–Trinajstić information content (AvgIpc) is 2.16. The molecule has 0 bridgehead atoms. The lowest BCUT2D eigenvalue weighted by Gasteiger charge is -2.00. The summed E-state index contributed by atoms with van der Waals surface area (Å²) in [6, 6.07) is 0. The highest BCUT2D eigenvalue weighted by atomic mass is 16.7. The van der Waals surface area contributed by atoms with Crippen LogP contribution in [0.5, 0.6) is 0 Å². The first-order valence-electron chi connectivity index (χ1n) is 3.27. The number of nitrogens with zero attached hydrogens (tertiary/aromatic N) is 2. The van der Waals surface area contributed by atoms with E-state index in [9.17, 15) is 4.79 Å². The molecule has 0 atom stereocenters. The topological polar surface area (TPSA) is 61.3 Å². The fourth-order valence-electron chi connectivity index (χ4n) is 0.606. The zero-order valence-corrected chi connectivity index (χ0v) is 6.56. The molecule has 5 heteroatoms. The van der Waals surface area contributed by atoms with Crippen LogP contribution in [0.2, 0.25) is 0 Å². The molecule has 0 spiro atoms. The highest BCUT2D eigenvalue weighted by Gasteiger charge is 2.00. The van der Waals surface area contributed by atoms with Crippen molar-refractivity contribution in [3.8, 4) is 0 Å². The normalized spacial score (nSPS) is 9.08. The predicted molar refractivity (Wildman–Crippen MR) is 39.2 cm³/mol. The van der Waals surface area contributed by atoms with Gasteiger partial charge in [0, 0.05) is 18.0 Å². The molecule has 0 fully saturated rings. The van der Waals surface area contributed by atoms with Crippen molar-refractivity contribution in [3.05, 3.63) is 24.3 Å². The molecule has 1 aromatic heterocycles. The summed E-state index contributed by atoms with van der Waals surface area (Å²) in [5.41, 5.74) is 0.725. The van der Waals surface area contributed by atoms with Crippen LogP contribution in [0.4, 0.5) is 4.79 Å². The van der Waals surface area contributed by atoms with E-state index < -0.39 is 6.16 Å². The van der Waals surface area contributed by atoms with Gasteiger partial charge in [-0.3, -0.25) is 0 Å². The van der Waals surface area contributed by atoms with Crippen LogP contribution < -0.4 is 0 Å². The lowest BCUT2D eigenvalue weighted by Crippen LogP contribution is -2.04. The van der Waals surface area contributed by atoms with Gasteiger partial charge in [-0.05, 0) is 0 Å². The third-order valence-corrected chi connectivity index (χ3v) is 1.14. The molecule has 0 aliphatic rings. The Morgan fingerprint density at radius 2 is 2.17 bits per heavy atom. The van der Waals surface area contributed by atoms with Crippen LogP contribution in [-0.4, -0.2) is 23.2 Å². The molecule has 1 heterocycles. The molecule has 0 aliphatic heterocycles. The second kappa shape index (κ2) is 4.27. The van der Waals surface area contributed by atoms with Crippen LogP contribution in [0.1, 0.15) is 5.56 Å². The zero-order chi connectivity index (χ0) is 8.81. The number of carbonyl (C=O) groups is 1. The summed E-state index contributed by atoms with van der Waals surface area (Å²) in [7, 11) is 1.25. The summed E-state index contributed by atoms with van der Waals surface area (Å²) in [4.78, 5) is 18.0. The van der Waals surface area contributed by atoms with E-state index in [1.807, 2.05) is 0 Å². The quantitative estimate of drug-likeness (QED) is 0.610. The molecule has 0 unspecified atom stereocenters. The van der Waals surface area contributed by atoms with Crippen LogP contribution in [-0.2, 0) is 16.1 Å². The summed E-state index contributed by atoms with van der Waals surface area (Å²) in [5.74, 6) is 0. The highest BCUT2D eigenvalue weighted by molar-refractivity contribution is 5.59. The van der Waals surface area contributed by atoms with Gasteiger partial charge in [-0.15, -0.1) is 0 Å². The Balaban J connectivity index is 2.38. The minimum absolute atomic E-state index is 0.132. The summed E-state index contributed by atoms with van der Waals surface area (Å²) in [6.45, 7) is 0.132. The van der Waals surface area contributed by atoms with Gasteiger partial charge in [0.1, 0.15) is 12.9 Å². The van der Waals surface area contributed by atoms with Gasteiger partial charge in [0.25, 0.3) is 0 Å². The first-order valence-corrected chi connectivity index (χ1v) is 3.27. The molecule has 0 saturated heterocycles. The molecule has 12 heavy (non-hydrogen) atoms. The smallest absolute Gasteiger partial charge is 0.438 e. The van der Waals surface area contributed by atoms with Crippen molar-refractivity contribution in [1.29, 1.82) is 0 Å². The summed E-state index contributed by atoms with van der Waals surface area (Å²) in [6.07, 6.45) is 3.83. The van der Waals surface area contributed by atoms with Gasteiger partial charge in [0.05, 0.1) is 7.11 Å². The lowest BCUT2D eigenvalue weighted by atomic mass is 10.4. The fourth-order valence-corrected chi connectivity index (χ4v) is 0.606. The van der Waals surface area contributed by atoms with Crippen LogP contribution in [0, 0.1) is 0 Å². The molecule has 0 aliphatic carbocycles. The molecule has 1 aromatic rings. The van der Waals surface area contributed by atoms with E-state index in [0.717, 1.165) is 5.56 Å². The van der Waals surface area contributed by atoms with E-state index in [4.69, 9.17) is 0 Å². The summed E-state index contributed by atoms with van der Waals surface area (Å²) < 4.78 is 8.91. The van der Waals surface area contributed by atoms with Gasteiger partial charge in [0.2, 0.25) is 0 Å². The number of aromatic nitrogens is 2. The van der Waals surface area contributed by atoms with Crippen LogP contribution >= 0.6 is 0 Å². The van der Waals surface area contributed by atoms with Crippen LogP contribution in [0.3, 0.4) is 0 Å². The number of rotatable bonds is 2. The number of hydrogen-bond acceptors (Lipinski definition) is 5. The van der Waals surface area contributed by atoms with Gasteiger partial charge in [-0.1, -0.05) is 0 Å². The molecule has 64 valence electrons. The number of ether oxygens (including phenoxy) is 2. The van der Waals surface area contributed by atoms with Crippen molar-refractivity contribution in [2.24, 2.45) is 0 Å². The SMILES string of the molecule is COC(=O)OCc1cncnc1. The van der Waals surface area contributed by atoms with Gasteiger partial charge in [-0.25, -0.2) is 14.8 Å². The predicted octanol–water partition coefficient (Wildman–Crippen LogP) is 0.760. The van der Waals surface area contributed by atoms with Gasteiger partial charge >= 0.3 is 6.16 Å². The third kappa shape index (κ3) is 2.53. The fraction of sp³-hybridized carbons (Fsp3) is 0.286. The summed E-state index contributed by atoms with van der Waals surface area (Å²) in [5, 5.41) is 0. The maximum Gasteiger partial charge on any atom is 0.508 e. The maximum absolute atomic E-state index is 10.5. The van der Waals surface area contributed by atoms with Crippen molar-refractivity contribution in [1.82, 2.24) is 9.97 Å². The first-order chi connectivity index (χ1) is 5.83. The molecule has 0 aromatic carbocycles. The molecule has 0 amide bonds. The van der Waals surface area contributed by atoms with Crippen LogP contribution in [0.25, 0.3) is 0 Å². The third-order valence-electron chi connectivity index (χ3n) is 1.14. The lowest BCUT2D eigenvalue weighted by molar-refractivity contribution is 0.0667. The van der Waals surface area contributed by atoms with E-state index in [1.165, 1.54) is 13.4 Å². The second-order valence-corrected chi connectivity index (χ2v) is 1.99. The molecule has 0 N–H and O–H groups in total. The van der Waals surface area contributed by atoms with E-state index in [-0.39, 0.29) is 6.61 Å². The molecule has 0 saturated carbocycles. The number of hydrogen-bond donors (Lipinski definition) is 0. The molecule has 5 nitrogen and oxygen atoms in total. The summed E-state index contributed by atoms with van der Waals surface area (Å²) >= 11 is 0. The van der Waals surface area contributed by atoms with Gasteiger partial charge < -0.3 is 9.47 Å². The molecule has 0 radical (unpaired) electrons. The number of carbonyl (C=O) groups excluding carboxylic acids is 1. The van der Waals surface area contributed by atoms with Gasteiger partial charge in [0.15, 0.2) is 0 Å². The minimum Gasteiger partial charge on any atom is -0.438 e. The number of methoxy groups -OCH3 is 1. The molecular weight excluding hydrogens is 160 g/mol. The maximum atomic E-state index is 10.5. The van der Waals surface area contributed by atoms with Crippen molar-refractivity contribution < 1.29 is 14.3 Å². The Labute approximate surface area is 69.4 Å². The molecular formula is C7H8N2O3. The molecule has 1 rings (SSSR count). The van der Waals surface area contributed by atoms with E-state index >= 15 is 0 Å². The van der Waals surface area contributed by atoms with Crippen LogP contribution in [0.15, 0.2) is 18.7 Å². The monoisotopic (exact) mass is 168 g/mol. The second-order valence-electron chi connectivity index (χ2n) is 1.99. The Kier molecular flexibility index (Phi) is 3.01. The Hall–Kier alpha value is -1.65. The van der Waals surface area contributed by atoms with E-state index in [1.54, 1.807) is 12.4 Å². The van der Waals surface area contributed by atoms with Crippen molar-refractivity contribution in [2.75, 3.05) is 7.11 Å². The highest BCUT2D eigenvalue weighted by Crippen LogP contribution is 1.96. The Bertz CT molecular complexity index is 250. The average molecular weight is 168 g/mol. The largest absolute Gasteiger partial charge is 0.508 e. The van der Waals surface area contributed by atoms with Crippen molar-refractivity contribution >= 4 is 6.16 Å². The minimum atomic E-state index is -0.709. The first kappa shape index (κ1) is 8.45. The van der Waals surface area contributed by atoms with Crippen molar-refractivity contribution in [3.63, 3.8) is 0 Å². The van der Waals surface area contributed by atoms with Gasteiger partial charge in [-0.2, -0.15) is 0 Å². The Morgan fingerprint density at radius 1 is 1.50 bits per heavy atom.